The fourth-order valence-electron chi connectivity index (χ4n) is 5.16. The van der Waals surface area contributed by atoms with E-state index in [4.69, 9.17) is 13.9 Å². The molecule has 3 aromatic rings. The first kappa shape index (κ1) is 26.3. The minimum atomic E-state index is -3.86. The molecule has 3 heterocycles. The molecule has 12 heteroatoms. The first-order valence-electron chi connectivity index (χ1n) is 12.2. The van der Waals surface area contributed by atoms with Gasteiger partial charge in [-0.1, -0.05) is 6.07 Å². The van der Waals surface area contributed by atoms with E-state index in [0.29, 0.717) is 10.8 Å². The van der Waals surface area contributed by atoms with Gasteiger partial charge in [0.15, 0.2) is 0 Å². The molecule has 0 N–H and O–H groups in total. The van der Waals surface area contributed by atoms with E-state index in [9.17, 15) is 21.6 Å². The predicted molar refractivity (Wildman–Crippen MR) is 138 cm³/mol. The number of rotatable bonds is 4. The zero-order chi connectivity index (χ0) is 26.7. The minimum absolute atomic E-state index is 0.0114. The average Bonchev–Trinajstić information content (AvgIpc) is 2.82. The van der Waals surface area contributed by atoms with Gasteiger partial charge in [-0.2, -0.15) is 8.61 Å². The number of nitrogens with zero attached hydrogens (tertiary/aromatic N) is 2. The van der Waals surface area contributed by atoms with Crippen molar-refractivity contribution in [2.75, 3.05) is 26.2 Å². The van der Waals surface area contributed by atoms with Crippen LogP contribution in [0.5, 0.6) is 0 Å². The minimum Gasteiger partial charge on any atom is -0.422 e. The summed E-state index contributed by atoms with van der Waals surface area (Å²) in [7, 11) is -7.70. The SMILES string of the molecule is C[C@@H]1CN(S(=O)(=O)c2ccc3c(c2)c(=O)oc2cc(S(=O)(=O)N4C[C@@H](C)O[C@@H](C)C4)ccc23)C[C@@H](C)O1. The Kier molecular flexibility index (Phi) is 6.70. The van der Waals surface area contributed by atoms with Gasteiger partial charge in [-0.05, 0) is 52.0 Å². The largest absolute Gasteiger partial charge is 0.422 e. The molecule has 2 aromatic carbocycles. The first-order valence-corrected chi connectivity index (χ1v) is 15.1. The Balaban J connectivity index is 1.55. The molecule has 0 unspecified atom stereocenters. The number of hydrogen-bond acceptors (Lipinski definition) is 8. The fraction of sp³-hybridized carbons (Fsp3) is 0.480. The van der Waals surface area contributed by atoms with Crippen LogP contribution in [0.25, 0.3) is 21.7 Å². The van der Waals surface area contributed by atoms with E-state index < -0.39 is 25.7 Å². The summed E-state index contributed by atoms with van der Waals surface area (Å²) in [6.45, 7) is 8.15. The zero-order valence-corrected chi connectivity index (χ0v) is 22.7. The second kappa shape index (κ2) is 9.44. The topological polar surface area (TPSA) is 123 Å². The average molecular weight is 551 g/mol. The third-order valence-electron chi connectivity index (χ3n) is 6.70. The number of ether oxygens (including phenoxy) is 2. The lowest BCUT2D eigenvalue weighted by Gasteiger charge is -2.34. The number of morpholine rings is 2. The van der Waals surface area contributed by atoms with Crippen LogP contribution < -0.4 is 5.63 Å². The molecule has 0 saturated carbocycles. The van der Waals surface area contributed by atoms with Crippen LogP contribution in [0.1, 0.15) is 27.7 Å². The molecule has 10 nitrogen and oxygen atoms in total. The van der Waals surface area contributed by atoms with E-state index in [1.807, 2.05) is 27.7 Å². The van der Waals surface area contributed by atoms with E-state index in [1.54, 1.807) is 12.1 Å². The van der Waals surface area contributed by atoms with Crippen LogP contribution in [-0.4, -0.2) is 76.0 Å². The highest BCUT2D eigenvalue weighted by Gasteiger charge is 2.34. The summed E-state index contributed by atoms with van der Waals surface area (Å²) in [6.07, 6.45) is -0.977. The second-order valence-corrected chi connectivity index (χ2v) is 13.8. The van der Waals surface area contributed by atoms with Crippen LogP contribution in [0, 0.1) is 0 Å². The predicted octanol–water partition coefficient (Wildman–Crippen LogP) is 2.54. The summed E-state index contributed by atoms with van der Waals surface area (Å²) in [6, 6.07) is 8.75. The Bertz CT molecular complexity index is 1610. The molecule has 0 bridgehead atoms. The van der Waals surface area contributed by atoms with Crippen molar-refractivity contribution in [2.24, 2.45) is 0 Å². The van der Waals surface area contributed by atoms with E-state index in [-0.39, 0.29) is 71.4 Å². The zero-order valence-electron chi connectivity index (χ0n) is 21.1. The van der Waals surface area contributed by atoms with Gasteiger partial charge in [-0.25, -0.2) is 21.6 Å². The molecule has 37 heavy (non-hydrogen) atoms. The summed E-state index contributed by atoms with van der Waals surface area (Å²) >= 11 is 0. The van der Waals surface area contributed by atoms with Gasteiger partial charge in [-0.15, -0.1) is 0 Å². The van der Waals surface area contributed by atoms with Gasteiger partial charge in [-0.3, -0.25) is 0 Å². The maximum atomic E-state index is 13.3. The Hall–Kier alpha value is -2.35. The van der Waals surface area contributed by atoms with Crippen molar-refractivity contribution >= 4 is 41.8 Å². The molecule has 0 spiro atoms. The molecule has 2 aliphatic heterocycles. The van der Waals surface area contributed by atoms with Gasteiger partial charge in [0.1, 0.15) is 5.58 Å². The first-order chi connectivity index (χ1) is 17.4. The second-order valence-electron chi connectivity index (χ2n) is 9.91. The van der Waals surface area contributed by atoms with Crippen molar-refractivity contribution in [3.05, 3.63) is 46.8 Å². The summed E-state index contributed by atoms with van der Waals surface area (Å²) in [5, 5.41) is 1.09. The highest BCUT2D eigenvalue weighted by Crippen LogP contribution is 2.30. The van der Waals surface area contributed by atoms with E-state index in [2.05, 4.69) is 0 Å². The van der Waals surface area contributed by atoms with E-state index in [0.717, 1.165) is 0 Å². The molecule has 4 atom stereocenters. The Labute approximate surface area is 215 Å². The smallest absolute Gasteiger partial charge is 0.344 e. The van der Waals surface area contributed by atoms with Gasteiger partial charge in [0, 0.05) is 43.0 Å². The van der Waals surface area contributed by atoms with Crippen LogP contribution in [0.4, 0.5) is 0 Å². The van der Waals surface area contributed by atoms with Gasteiger partial charge < -0.3 is 13.9 Å². The lowest BCUT2D eigenvalue weighted by Crippen LogP contribution is -2.48. The Morgan fingerprint density at radius 2 is 1.08 bits per heavy atom. The Morgan fingerprint density at radius 3 is 1.57 bits per heavy atom. The summed E-state index contributed by atoms with van der Waals surface area (Å²) in [4.78, 5) is 12.9. The third-order valence-corrected chi connectivity index (χ3v) is 10.4. The fourth-order valence-corrected chi connectivity index (χ4v) is 8.39. The van der Waals surface area contributed by atoms with Gasteiger partial charge in [0.05, 0.1) is 39.6 Å². The summed E-state index contributed by atoms with van der Waals surface area (Å²) in [5.41, 5.74) is -0.634. The normalized spacial score (nSPS) is 26.6. The standard InChI is InChI=1S/C25H30N2O8S2/c1-15-11-26(12-16(2)33-15)36(29,30)19-5-7-21-22-8-6-20(10-24(22)35-25(28)23(21)9-19)37(31,32)27-13-17(3)34-18(4)14-27/h5-10,15-18H,11-14H2,1-4H3/t15-,16-,17-,18+/m1/s1. The van der Waals surface area contributed by atoms with Crippen molar-refractivity contribution in [2.45, 2.75) is 61.9 Å². The lowest BCUT2D eigenvalue weighted by molar-refractivity contribution is -0.0442. The molecule has 5 rings (SSSR count). The summed E-state index contributed by atoms with van der Waals surface area (Å²) in [5.74, 6) is 0. The third kappa shape index (κ3) is 4.82. The summed E-state index contributed by atoms with van der Waals surface area (Å²) < 4.78 is 72.7. The molecule has 2 aliphatic rings. The quantitative estimate of drug-likeness (QED) is 0.359. The van der Waals surface area contributed by atoms with Crippen LogP contribution in [-0.2, 0) is 29.5 Å². The van der Waals surface area contributed by atoms with Crippen molar-refractivity contribution in [3.8, 4) is 0 Å². The van der Waals surface area contributed by atoms with Crippen molar-refractivity contribution in [1.29, 1.82) is 0 Å². The van der Waals surface area contributed by atoms with Crippen LogP contribution in [0.3, 0.4) is 0 Å². The highest BCUT2D eigenvalue weighted by atomic mass is 32.2. The maximum absolute atomic E-state index is 13.3. The van der Waals surface area contributed by atoms with Gasteiger partial charge in [0.2, 0.25) is 20.0 Å². The van der Waals surface area contributed by atoms with Crippen molar-refractivity contribution < 1.29 is 30.7 Å². The number of benzene rings is 2. The molecular weight excluding hydrogens is 520 g/mol. The number of hydrogen-bond donors (Lipinski definition) is 0. The maximum Gasteiger partial charge on any atom is 0.344 e. The number of sulfonamides is 2. The lowest BCUT2D eigenvalue weighted by atomic mass is 10.1. The van der Waals surface area contributed by atoms with Gasteiger partial charge in [0.25, 0.3) is 0 Å². The molecule has 2 saturated heterocycles. The highest BCUT2D eigenvalue weighted by molar-refractivity contribution is 7.89. The van der Waals surface area contributed by atoms with E-state index >= 15 is 0 Å². The van der Waals surface area contributed by atoms with Crippen LogP contribution in [0.15, 0.2) is 55.4 Å². The molecule has 0 aliphatic carbocycles. The molecule has 200 valence electrons. The van der Waals surface area contributed by atoms with Crippen molar-refractivity contribution in [1.82, 2.24) is 8.61 Å². The molecule has 0 radical (unpaired) electrons. The molecule has 2 fully saturated rings. The molecule has 0 amide bonds. The van der Waals surface area contributed by atoms with Gasteiger partial charge >= 0.3 is 5.63 Å². The van der Waals surface area contributed by atoms with Crippen LogP contribution in [0.2, 0.25) is 0 Å². The molecular formula is C25H30N2O8S2. The van der Waals surface area contributed by atoms with Crippen molar-refractivity contribution in [3.63, 3.8) is 0 Å². The number of fused-ring (bicyclic) bond motifs is 3. The monoisotopic (exact) mass is 550 g/mol. The Morgan fingerprint density at radius 1 is 0.649 bits per heavy atom. The molecule has 1 aromatic heterocycles. The van der Waals surface area contributed by atoms with Crippen LogP contribution >= 0.6 is 0 Å². The van der Waals surface area contributed by atoms with E-state index in [1.165, 1.54) is 32.9 Å².